The molecule has 0 bridgehead atoms. The van der Waals surface area contributed by atoms with Crippen molar-refractivity contribution in [2.75, 3.05) is 20.1 Å². The van der Waals surface area contributed by atoms with Gasteiger partial charge in [0.15, 0.2) is 11.8 Å². The molecule has 2 rings (SSSR count). The van der Waals surface area contributed by atoms with Crippen molar-refractivity contribution in [1.29, 1.82) is 0 Å². The maximum atomic E-state index is 5.28. The summed E-state index contributed by atoms with van der Waals surface area (Å²) in [4.78, 5) is 11.3. The van der Waals surface area contributed by atoms with Crippen LogP contribution in [0.1, 0.15) is 50.4 Å². The number of aryl methyl sites for hydroxylation is 1. The van der Waals surface area contributed by atoms with E-state index in [2.05, 4.69) is 88.4 Å². The summed E-state index contributed by atoms with van der Waals surface area (Å²) >= 11 is 3.47. The number of benzene rings is 1. The van der Waals surface area contributed by atoms with Crippen LogP contribution in [0.2, 0.25) is 0 Å². The fourth-order valence-corrected chi connectivity index (χ4v) is 2.69. The Balaban J connectivity index is 0.00000364. The molecule has 0 amide bonds. The average molecular weight is 550 g/mol. The van der Waals surface area contributed by atoms with Gasteiger partial charge in [0.05, 0.1) is 0 Å². The fraction of sp³-hybridized carbons (Fsp3) is 0.526. The van der Waals surface area contributed by atoms with Crippen molar-refractivity contribution < 1.29 is 4.52 Å². The Morgan fingerprint density at radius 1 is 1.30 bits per heavy atom. The molecule has 0 unspecified atom stereocenters. The number of nitrogens with zero attached hydrogens (tertiary/aromatic N) is 4. The quantitative estimate of drug-likeness (QED) is 0.225. The molecule has 1 aromatic carbocycles. The Labute approximate surface area is 187 Å². The van der Waals surface area contributed by atoms with Crippen molar-refractivity contribution in [1.82, 2.24) is 20.4 Å². The van der Waals surface area contributed by atoms with E-state index in [0.717, 1.165) is 42.2 Å². The zero-order valence-corrected chi connectivity index (χ0v) is 20.3. The normalized spacial score (nSPS) is 11.4. The van der Waals surface area contributed by atoms with Crippen LogP contribution >= 0.6 is 39.9 Å². The largest absolute Gasteiger partial charge is 0.357 e. The number of guanidine groups is 1. The molecule has 150 valence electrons. The SMILES string of the molecule is CCNC(=NCCCc1nc(C(C)C)no1)N(C)Cc1ccc(Br)cc1.I. The summed E-state index contributed by atoms with van der Waals surface area (Å²) in [7, 11) is 2.05. The Hall–Kier alpha value is -1.16. The zero-order chi connectivity index (χ0) is 18.9. The zero-order valence-electron chi connectivity index (χ0n) is 16.4. The van der Waals surface area contributed by atoms with Crippen molar-refractivity contribution in [3.63, 3.8) is 0 Å². The maximum Gasteiger partial charge on any atom is 0.226 e. The second-order valence-corrected chi connectivity index (χ2v) is 7.44. The molecule has 0 saturated heterocycles. The molecule has 0 aliphatic rings. The predicted octanol–water partition coefficient (Wildman–Crippen LogP) is 4.60. The van der Waals surface area contributed by atoms with Gasteiger partial charge in [-0.05, 0) is 31.0 Å². The minimum absolute atomic E-state index is 0. The Morgan fingerprint density at radius 3 is 2.59 bits per heavy atom. The van der Waals surface area contributed by atoms with Gasteiger partial charge in [-0.2, -0.15) is 4.98 Å². The van der Waals surface area contributed by atoms with Crippen LogP contribution in [0.15, 0.2) is 38.3 Å². The van der Waals surface area contributed by atoms with Crippen molar-refractivity contribution in [2.24, 2.45) is 4.99 Å². The van der Waals surface area contributed by atoms with Gasteiger partial charge in [0.1, 0.15) is 0 Å². The van der Waals surface area contributed by atoms with Crippen LogP contribution in [-0.4, -0.2) is 41.1 Å². The van der Waals surface area contributed by atoms with Gasteiger partial charge >= 0.3 is 0 Å². The first-order valence-electron chi connectivity index (χ1n) is 9.06. The van der Waals surface area contributed by atoms with Crippen molar-refractivity contribution >= 4 is 45.9 Å². The van der Waals surface area contributed by atoms with E-state index in [4.69, 9.17) is 9.52 Å². The smallest absolute Gasteiger partial charge is 0.226 e. The van der Waals surface area contributed by atoms with Crippen molar-refractivity contribution in [3.05, 3.63) is 46.0 Å². The first kappa shape index (κ1) is 23.9. The fourth-order valence-electron chi connectivity index (χ4n) is 2.43. The molecule has 1 aromatic heterocycles. The summed E-state index contributed by atoms with van der Waals surface area (Å²) in [5.41, 5.74) is 1.24. The third kappa shape index (κ3) is 8.16. The highest BCUT2D eigenvalue weighted by Gasteiger charge is 2.10. The topological polar surface area (TPSA) is 66.5 Å². The number of nitrogens with one attached hydrogen (secondary N) is 1. The molecule has 27 heavy (non-hydrogen) atoms. The second-order valence-electron chi connectivity index (χ2n) is 6.52. The van der Waals surface area contributed by atoms with E-state index in [-0.39, 0.29) is 29.9 Å². The molecule has 1 heterocycles. The van der Waals surface area contributed by atoms with Crippen LogP contribution in [0.3, 0.4) is 0 Å². The van der Waals surface area contributed by atoms with Crippen LogP contribution in [0.4, 0.5) is 0 Å². The van der Waals surface area contributed by atoms with Gasteiger partial charge in [0.2, 0.25) is 5.89 Å². The number of aliphatic imine (C=N–C) groups is 1. The van der Waals surface area contributed by atoms with E-state index in [0.29, 0.717) is 12.4 Å². The molecule has 6 nitrogen and oxygen atoms in total. The van der Waals surface area contributed by atoms with Crippen LogP contribution < -0.4 is 5.32 Å². The van der Waals surface area contributed by atoms with Gasteiger partial charge in [0.25, 0.3) is 0 Å². The summed E-state index contributed by atoms with van der Waals surface area (Å²) in [5.74, 6) is 2.66. The molecule has 0 saturated carbocycles. The van der Waals surface area contributed by atoms with Crippen molar-refractivity contribution in [2.45, 2.75) is 46.1 Å². The lowest BCUT2D eigenvalue weighted by molar-refractivity contribution is 0.369. The van der Waals surface area contributed by atoms with E-state index in [1.165, 1.54) is 5.56 Å². The molecule has 8 heteroatoms. The van der Waals surface area contributed by atoms with Gasteiger partial charge in [-0.3, -0.25) is 4.99 Å². The minimum atomic E-state index is 0. The molecule has 0 aliphatic heterocycles. The highest BCUT2D eigenvalue weighted by atomic mass is 127. The van der Waals surface area contributed by atoms with Gasteiger partial charge in [-0.1, -0.05) is 47.1 Å². The molecule has 0 atom stereocenters. The molecular formula is C19H29BrIN5O. The molecular weight excluding hydrogens is 521 g/mol. The number of aromatic nitrogens is 2. The Kier molecular flexibility index (Phi) is 10.9. The molecule has 0 fully saturated rings. The Morgan fingerprint density at radius 2 is 2.00 bits per heavy atom. The van der Waals surface area contributed by atoms with Crippen LogP contribution in [0, 0.1) is 0 Å². The second kappa shape index (κ2) is 12.3. The number of halogens is 2. The highest BCUT2D eigenvalue weighted by molar-refractivity contribution is 14.0. The summed E-state index contributed by atoms with van der Waals surface area (Å²) in [5, 5.41) is 7.34. The van der Waals surface area contributed by atoms with Crippen LogP contribution in [0.5, 0.6) is 0 Å². The number of hydrogen-bond donors (Lipinski definition) is 1. The third-order valence-corrected chi connectivity index (χ3v) is 4.37. The van der Waals surface area contributed by atoms with Crippen LogP contribution in [-0.2, 0) is 13.0 Å². The lowest BCUT2D eigenvalue weighted by Gasteiger charge is -2.22. The van der Waals surface area contributed by atoms with Crippen molar-refractivity contribution in [3.8, 4) is 0 Å². The Bertz CT molecular complexity index is 702. The maximum absolute atomic E-state index is 5.28. The predicted molar refractivity (Wildman–Crippen MR) is 124 cm³/mol. The van der Waals surface area contributed by atoms with Crippen LogP contribution in [0.25, 0.3) is 0 Å². The first-order valence-corrected chi connectivity index (χ1v) is 9.85. The molecule has 0 radical (unpaired) electrons. The van der Waals surface area contributed by atoms with E-state index in [1.807, 2.05) is 0 Å². The van der Waals surface area contributed by atoms with E-state index >= 15 is 0 Å². The third-order valence-electron chi connectivity index (χ3n) is 3.84. The van der Waals surface area contributed by atoms with E-state index in [1.54, 1.807) is 0 Å². The first-order chi connectivity index (χ1) is 12.5. The molecule has 2 aromatic rings. The molecule has 0 spiro atoms. The molecule has 0 aliphatic carbocycles. The molecule has 1 N–H and O–H groups in total. The van der Waals surface area contributed by atoms with Gasteiger partial charge in [-0.25, -0.2) is 0 Å². The highest BCUT2D eigenvalue weighted by Crippen LogP contribution is 2.12. The summed E-state index contributed by atoms with van der Waals surface area (Å²) < 4.78 is 6.37. The summed E-state index contributed by atoms with van der Waals surface area (Å²) in [6, 6.07) is 8.35. The van der Waals surface area contributed by atoms with Gasteiger partial charge < -0.3 is 14.7 Å². The average Bonchev–Trinajstić information content (AvgIpc) is 3.09. The minimum Gasteiger partial charge on any atom is -0.357 e. The summed E-state index contributed by atoms with van der Waals surface area (Å²) in [6.45, 7) is 8.55. The van der Waals surface area contributed by atoms with Gasteiger partial charge in [0, 0.05) is 43.5 Å². The van der Waals surface area contributed by atoms with E-state index in [9.17, 15) is 0 Å². The lowest BCUT2D eigenvalue weighted by Crippen LogP contribution is -2.38. The standard InChI is InChI=1S/C19H28BrN5O.HI/c1-5-21-19(25(4)13-15-8-10-16(20)11-9-15)22-12-6-7-17-23-18(14(2)3)24-26-17;/h8-11,14H,5-7,12-13H2,1-4H3,(H,21,22);1H. The monoisotopic (exact) mass is 549 g/mol. The number of rotatable bonds is 8. The van der Waals surface area contributed by atoms with Gasteiger partial charge in [-0.15, -0.1) is 24.0 Å². The summed E-state index contributed by atoms with van der Waals surface area (Å²) in [6.07, 6.45) is 1.62. The number of hydrogen-bond acceptors (Lipinski definition) is 4. The lowest BCUT2D eigenvalue weighted by atomic mass is 10.2. The van der Waals surface area contributed by atoms with E-state index < -0.39 is 0 Å².